The molecule has 0 aliphatic carbocycles. The maximum absolute atomic E-state index is 11.2. The highest BCUT2D eigenvalue weighted by molar-refractivity contribution is 7.96. The first-order chi connectivity index (χ1) is 9.01. The monoisotopic (exact) mass is 292 g/mol. The van der Waals surface area contributed by atoms with Gasteiger partial charge in [-0.3, -0.25) is 9.59 Å². The van der Waals surface area contributed by atoms with E-state index in [0.29, 0.717) is 16.1 Å². The number of carboxylic acid groups (broad SMARTS) is 1. The topological polar surface area (TPSA) is 91.0 Å². The Labute approximate surface area is 117 Å². The van der Waals surface area contributed by atoms with Crippen LogP contribution in [0.1, 0.15) is 22.9 Å². The van der Waals surface area contributed by atoms with Crippen molar-refractivity contribution in [2.75, 3.05) is 0 Å². The number of nitrogens with zero attached hydrogens (tertiary/aromatic N) is 2. The van der Waals surface area contributed by atoms with Crippen molar-refractivity contribution in [1.29, 1.82) is 5.26 Å². The van der Waals surface area contributed by atoms with Crippen LogP contribution in [0.5, 0.6) is 0 Å². The molecular weight excluding hydrogens is 284 g/mol. The van der Waals surface area contributed by atoms with E-state index >= 15 is 0 Å². The summed E-state index contributed by atoms with van der Waals surface area (Å²) in [6.45, 7) is 0. The van der Waals surface area contributed by atoms with Crippen molar-refractivity contribution in [3.8, 4) is 6.07 Å². The maximum atomic E-state index is 11.2. The number of carbonyl (C=O) groups excluding carboxylic acids is 1. The van der Waals surface area contributed by atoms with Gasteiger partial charge in [-0.05, 0) is 18.2 Å². The minimum absolute atomic E-state index is 0.205. The first-order valence-electron chi connectivity index (χ1n) is 5.26. The second kappa shape index (κ2) is 5.38. The van der Waals surface area contributed by atoms with Crippen molar-refractivity contribution in [3.05, 3.63) is 28.8 Å². The average Bonchev–Trinajstić information content (AvgIpc) is 2.77. The zero-order valence-electron chi connectivity index (χ0n) is 9.53. The molecule has 5 nitrogen and oxygen atoms in total. The summed E-state index contributed by atoms with van der Waals surface area (Å²) < 4.78 is 0.784. The quantitative estimate of drug-likeness (QED) is 0.843. The van der Waals surface area contributed by atoms with Crippen LogP contribution in [-0.2, 0) is 9.59 Å². The first-order valence-corrected chi connectivity index (χ1v) is 6.53. The van der Waals surface area contributed by atoms with Crippen molar-refractivity contribution in [2.45, 2.75) is 12.3 Å². The molecule has 0 saturated carbocycles. The molecule has 0 amide bonds. The van der Waals surface area contributed by atoms with Crippen LogP contribution in [0.25, 0.3) is 10.2 Å². The van der Waals surface area contributed by atoms with Crippen LogP contribution in [0.3, 0.4) is 0 Å². The molecule has 0 radical (unpaired) electrons. The van der Waals surface area contributed by atoms with Gasteiger partial charge < -0.3 is 5.11 Å². The fraction of sp³-hybridized carbons (Fsp3) is 0.167. The number of hydrogen-bond donors (Lipinski definition) is 2. The molecule has 0 saturated heterocycles. The molecule has 0 fully saturated rings. The van der Waals surface area contributed by atoms with Gasteiger partial charge in [0.15, 0.2) is 5.12 Å². The molecule has 1 N–H and O–H groups in total. The predicted octanol–water partition coefficient (Wildman–Crippen LogP) is 2.18. The Kier molecular flexibility index (Phi) is 3.83. The van der Waals surface area contributed by atoms with Gasteiger partial charge in [-0.1, -0.05) is 0 Å². The number of aromatic nitrogens is 1. The van der Waals surface area contributed by atoms with Crippen molar-refractivity contribution < 1.29 is 14.7 Å². The highest BCUT2D eigenvalue weighted by Gasteiger charge is 2.25. The molecule has 96 valence electrons. The van der Waals surface area contributed by atoms with Gasteiger partial charge in [0, 0.05) is 6.42 Å². The maximum Gasteiger partial charge on any atom is 0.313 e. The Morgan fingerprint density at radius 2 is 2.26 bits per heavy atom. The largest absolute Gasteiger partial charge is 0.481 e. The normalized spacial score (nSPS) is 12.0. The molecule has 1 unspecified atom stereocenters. The number of benzene rings is 1. The Bertz CT molecular complexity index is 703. The van der Waals surface area contributed by atoms with Gasteiger partial charge in [0.2, 0.25) is 0 Å². The Morgan fingerprint density at radius 1 is 1.53 bits per heavy atom. The van der Waals surface area contributed by atoms with Crippen LogP contribution in [0, 0.1) is 11.3 Å². The second-order valence-electron chi connectivity index (χ2n) is 3.84. The van der Waals surface area contributed by atoms with Crippen molar-refractivity contribution >= 4 is 45.3 Å². The zero-order valence-corrected chi connectivity index (χ0v) is 11.2. The fourth-order valence-electron chi connectivity index (χ4n) is 1.62. The van der Waals surface area contributed by atoms with Crippen LogP contribution >= 0.6 is 24.0 Å². The van der Waals surface area contributed by atoms with Crippen LogP contribution in [0.2, 0.25) is 0 Å². The Balaban J connectivity index is 2.46. The third-order valence-corrected chi connectivity index (χ3v) is 3.84. The molecule has 0 aliphatic rings. The van der Waals surface area contributed by atoms with Crippen LogP contribution in [0.4, 0.5) is 0 Å². The number of thiazole rings is 1. The summed E-state index contributed by atoms with van der Waals surface area (Å²) in [5.41, 5.74) is 1.03. The number of nitriles is 1. The van der Waals surface area contributed by atoms with E-state index in [9.17, 15) is 9.59 Å². The van der Waals surface area contributed by atoms with Crippen LogP contribution in [0.15, 0.2) is 18.2 Å². The van der Waals surface area contributed by atoms with E-state index in [1.807, 2.05) is 6.07 Å². The number of rotatable bonds is 4. The highest BCUT2D eigenvalue weighted by atomic mass is 32.1. The summed E-state index contributed by atoms with van der Waals surface area (Å²) in [4.78, 5) is 26.3. The van der Waals surface area contributed by atoms with Gasteiger partial charge in [0.25, 0.3) is 0 Å². The molecule has 1 aromatic carbocycles. The van der Waals surface area contributed by atoms with E-state index in [-0.39, 0.29) is 6.42 Å². The molecule has 1 heterocycles. The zero-order chi connectivity index (χ0) is 14.0. The average molecular weight is 292 g/mol. The third kappa shape index (κ3) is 2.92. The molecule has 7 heteroatoms. The highest BCUT2D eigenvalue weighted by Crippen LogP contribution is 2.30. The van der Waals surface area contributed by atoms with Gasteiger partial charge in [-0.2, -0.15) is 5.26 Å². The van der Waals surface area contributed by atoms with Crippen LogP contribution in [-0.4, -0.2) is 21.2 Å². The van der Waals surface area contributed by atoms with E-state index in [1.54, 1.807) is 18.2 Å². The fourth-order valence-corrected chi connectivity index (χ4v) is 2.84. The number of carboxylic acids is 1. The number of fused-ring (bicyclic) bond motifs is 1. The summed E-state index contributed by atoms with van der Waals surface area (Å²) in [7, 11) is 0. The van der Waals surface area contributed by atoms with Crippen LogP contribution < -0.4 is 0 Å². The SMILES string of the molecule is N#Cc1ccc2sc(C(CC(=O)S)C(=O)O)nc2c1. The van der Waals surface area contributed by atoms with E-state index < -0.39 is 17.0 Å². The minimum Gasteiger partial charge on any atom is -0.481 e. The molecule has 1 atom stereocenters. The van der Waals surface area contributed by atoms with Gasteiger partial charge in [0.05, 0.1) is 21.8 Å². The molecule has 2 aromatic rings. The molecule has 2 rings (SSSR count). The lowest BCUT2D eigenvalue weighted by molar-refractivity contribution is -0.139. The molecular formula is C12H8N2O3S2. The summed E-state index contributed by atoms with van der Waals surface area (Å²) in [6, 6.07) is 6.95. The number of carbonyl (C=O) groups is 2. The molecule has 19 heavy (non-hydrogen) atoms. The number of aliphatic carboxylic acids is 1. The lowest BCUT2D eigenvalue weighted by Gasteiger charge is -2.05. The van der Waals surface area contributed by atoms with Gasteiger partial charge >= 0.3 is 5.97 Å². The van der Waals surface area contributed by atoms with Gasteiger partial charge in [-0.15, -0.1) is 24.0 Å². The summed E-state index contributed by atoms with van der Waals surface area (Å²) >= 11 is 4.82. The standard InChI is InChI=1S/C12H8N2O3S2/c13-5-6-1-2-9-8(3-6)14-11(19-9)7(12(16)17)4-10(15)18/h1-3,7H,4H2,(H,15,18)(H,16,17). The van der Waals surface area contributed by atoms with E-state index in [4.69, 9.17) is 10.4 Å². The van der Waals surface area contributed by atoms with Gasteiger partial charge in [-0.25, -0.2) is 4.98 Å². The molecule has 1 aromatic heterocycles. The minimum atomic E-state index is -1.11. The van der Waals surface area contributed by atoms with E-state index in [1.165, 1.54) is 11.3 Å². The second-order valence-corrected chi connectivity index (χ2v) is 5.40. The van der Waals surface area contributed by atoms with E-state index in [0.717, 1.165) is 4.70 Å². The van der Waals surface area contributed by atoms with Gasteiger partial charge in [0.1, 0.15) is 10.9 Å². The Hall–Kier alpha value is -1.91. The van der Waals surface area contributed by atoms with E-state index in [2.05, 4.69) is 17.6 Å². The molecule has 0 aliphatic heterocycles. The van der Waals surface area contributed by atoms with Crippen molar-refractivity contribution in [1.82, 2.24) is 4.98 Å². The Morgan fingerprint density at radius 3 is 2.84 bits per heavy atom. The summed E-state index contributed by atoms with van der Waals surface area (Å²) in [5.74, 6) is -2.10. The summed E-state index contributed by atoms with van der Waals surface area (Å²) in [5, 5.41) is 17.8. The third-order valence-electron chi connectivity index (χ3n) is 2.51. The number of hydrogen-bond acceptors (Lipinski definition) is 5. The lowest BCUT2D eigenvalue weighted by Crippen LogP contribution is -2.13. The molecule has 0 spiro atoms. The van der Waals surface area contributed by atoms with Crippen molar-refractivity contribution in [2.24, 2.45) is 0 Å². The molecule has 0 bridgehead atoms. The lowest BCUT2D eigenvalue weighted by atomic mass is 10.1. The van der Waals surface area contributed by atoms with Crippen molar-refractivity contribution in [3.63, 3.8) is 0 Å². The number of thiol groups is 1. The summed E-state index contributed by atoms with van der Waals surface area (Å²) in [6.07, 6.45) is -0.205. The smallest absolute Gasteiger partial charge is 0.313 e. The first kappa shape index (κ1) is 13.5. The predicted molar refractivity (Wildman–Crippen MR) is 73.3 cm³/mol.